The van der Waals surface area contributed by atoms with Crippen LogP contribution in [-0.4, -0.2) is 16.3 Å². The highest BCUT2D eigenvalue weighted by molar-refractivity contribution is 5.86. The first kappa shape index (κ1) is 19.5. The van der Waals surface area contributed by atoms with Crippen molar-refractivity contribution in [2.45, 2.75) is 40.8 Å². The molecule has 3 heterocycles. The van der Waals surface area contributed by atoms with Gasteiger partial charge in [0.25, 0.3) is 0 Å². The van der Waals surface area contributed by atoms with E-state index in [1.807, 2.05) is 30.5 Å². The van der Waals surface area contributed by atoms with Gasteiger partial charge < -0.3 is 18.8 Å². The zero-order chi connectivity index (χ0) is 21.5. The highest BCUT2D eigenvalue weighted by Gasteiger charge is 2.18. The second-order valence-corrected chi connectivity index (χ2v) is 8.21. The van der Waals surface area contributed by atoms with Gasteiger partial charge in [0.05, 0.1) is 5.52 Å². The van der Waals surface area contributed by atoms with Gasteiger partial charge >= 0.3 is 0 Å². The first-order chi connectivity index (χ1) is 15.0. The van der Waals surface area contributed by atoms with Crippen LogP contribution >= 0.6 is 0 Å². The maximum Gasteiger partial charge on any atom is 0.231 e. The smallest absolute Gasteiger partial charge is 0.231 e. The summed E-state index contributed by atoms with van der Waals surface area (Å²) < 4.78 is 19.5. The summed E-state index contributed by atoms with van der Waals surface area (Å²) >= 11 is 0. The Bertz CT molecular complexity index is 1290. The topological polar surface area (TPSA) is 45.5 Å². The highest BCUT2D eigenvalue weighted by Crippen LogP contribution is 2.35. The molecule has 0 saturated heterocycles. The minimum Gasteiger partial charge on any atom is -0.487 e. The lowest BCUT2D eigenvalue weighted by Gasteiger charge is -2.14. The van der Waals surface area contributed by atoms with Gasteiger partial charge in [-0.25, -0.2) is 0 Å². The summed E-state index contributed by atoms with van der Waals surface area (Å²) in [4.78, 5) is 4.67. The van der Waals surface area contributed by atoms with E-state index < -0.39 is 0 Å². The Kier molecular flexibility index (Phi) is 4.81. The second-order valence-electron chi connectivity index (χ2n) is 8.21. The Balaban J connectivity index is 1.51. The third-order valence-electron chi connectivity index (χ3n) is 6.12. The van der Waals surface area contributed by atoms with Crippen molar-refractivity contribution in [3.8, 4) is 17.2 Å². The largest absolute Gasteiger partial charge is 0.487 e. The van der Waals surface area contributed by atoms with Crippen LogP contribution in [0.3, 0.4) is 0 Å². The summed E-state index contributed by atoms with van der Waals surface area (Å²) in [7, 11) is 0. The van der Waals surface area contributed by atoms with Crippen LogP contribution in [-0.2, 0) is 13.2 Å². The molecule has 1 aliphatic rings. The van der Waals surface area contributed by atoms with Gasteiger partial charge in [-0.2, -0.15) is 0 Å². The molecule has 0 aliphatic carbocycles. The molecular weight excluding hydrogens is 388 g/mol. The molecule has 0 atom stereocenters. The molecule has 1 aliphatic heterocycles. The van der Waals surface area contributed by atoms with Crippen LogP contribution in [0.2, 0.25) is 0 Å². The first-order valence-electron chi connectivity index (χ1n) is 10.5. The third-order valence-corrected chi connectivity index (χ3v) is 6.12. The van der Waals surface area contributed by atoms with Gasteiger partial charge in [-0.1, -0.05) is 29.8 Å². The molecule has 2 aromatic heterocycles. The average Bonchev–Trinajstić information content (AvgIpc) is 3.33. The minimum atomic E-state index is 0.273. The first-order valence-corrected chi connectivity index (χ1v) is 10.5. The van der Waals surface area contributed by atoms with Crippen molar-refractivity contribution >= 4 is 11.0 Å². The van der Waals surface area contributed by atoms with Crippen molar-refractivity contribution < 1.29 is 14.2 Å². The monoisotopic (exact) mass is 414 g/mol. The molecule has 0 radical (unpaired) electrons. The molecule has 31 heavy (non-hydrogen) atoms. The van der Waals surface area contributed by atoms with Crippen molar-refractivity contribution in [1.29, 1.82) is 0 Å². The summed E-state index contributed by atoms with van der Waals surface area (Å²) in [6, 6.07) is 14.5. The SMILES string of the molecule is Cc1ccc(C)c(Cn2c(C)c(C)c3nccc(OCc4ccc5c(c4)OCO5)c32)c1. The Labute approximate surface area is 182 Å². The number of aromatic nitrogens is 2. The number of ether oxygens (including phenoxy) is 3. The van der Waals surface area contributed by atoms with Crippen molar-refractivity contribution in [1.82, 2.24) is 9.55 Å². The molecule has 0 spiro atoms. The van der Waals surface area contributed by atoms with Gasteiger partial charge in [0.1, 0.15) is 17.9 Å². The predicted molar refractivity (Wildman–Crippen MR) is 121 cm³/mol. The Hall–Kier alpha value is -3.47. The number of rotatable bonds is 5. The van der Waals surface area contributed by atoms with Gasteiger partial charge in [0.2, 0.25) is 6.79 Å². The summed E-state index contributed by atoms with van der Waals surface area (Å²) in [5, 5.41) is 0. The second kappa shape index (κ2) is 7.65. The van der Waals surface area contributed by atoms with E-state index in [0.717, 1.165) is 40.4 Å². The lowest BCUT2D eigenvalue weighted by Crippen LogP contribution is -2.06. The molecule has 0 fully saturated rings. The lowest BCUT2D eigenvalue weighted by molar-refractivity contribution is 0.174. The van der Waals surface area contributed by atoms with Gasteiger partial charge in [-0.3, -0.25) is 4.98 Å². The zero-order valence-electron chi connectivity index (χ0n) is 18.4. The van der Waals surface area contributed by atoms with Crippen LogP contribution in [0.25, 0.3) is 11.0 Å². The van der Waals surface area contributed by atoms with Gasteiger partial charge in [-0.15, -0.1) is 0 Å². The van der Waals surface area contributed by atoms with E-state index in [9.17, 15) is 0 Å². The lowest BCUT2D eigenvalue weighted by atomic mass is 10.1. The van der Waals surface area contributed by atoms with E-state index in [1.165, 1.54) is 27.9 Å². The zero-order valence-corrected chi connectivity index (χ0v) is 18.4. The fourth-order valence-corrected chi connectivity index (χ4v) is 4.16. The van der Waals surface area contributed by atoms with Crippen LogP contribution in [0.15, 0.2) is 48.7 Å². The molecule has 5 nitrogen and oxygen atoms in total. The number of fused-ring (bicyclic) bond motifs is 2. The molecule has 0 saturated carbocycles. The predicted octanol–water partition coefficient (Wildman–Crippen LogP) is 5.63. The van der Waals surface area contributed by atoms with Crippen molar-refractivity contribution in [3.05, 3.63) is 82.2 Å². The quantitative estimate of drug-likeness (QED) is 0.425. The molecular formula is C26H26N2O3. The Morgan fingerprint density at radius 3 is 2.68 bits per heavy atom. The average molecular weight is 415 g/mol. The summed E-state index contributed by atoms with van der Waals surface area (Å²) in [6.45, 7) is 10.1. The number of hydrogen-bond donors (Lipinski definition) is 0. The molecule has 0 amide bonds. The summed E-state index contributed by atoms with van der Waals surface area (Å²) in [6.07, 6.45) is 1.83. The molecule has 0 unspecified atom stereocenters. The van der Waals surface area contributed by atoms with Crippen LogP contribution in [0, 0.1) is 27.7 Å². The van der Waals surface area contributed by atoms with Gasteiger partial charge in [0.15, 0.2) is 11.5 Å². The van der Waals surface area contributed by atoms with Crippen molar-refractivity contribution in [3.63, 3.8) is 0 Å². The van der Waals surface area contributed by atoms with E-state index in [4.69, 9.17) is 14.2 Å². The normalized spacial score (nSPS) is 12.5. The molecule has 0 bridgehead atoms. The molecule has 4 aromatic rings. The number of pyridine rings is 1. The van der Waals surface area contributed by atoms with E-state index in [2.05, 4.69) is 55.4 Å². The van der Waals surface area contributed by atoms with E-state index >= 15 is 0 Å². The van der Waals surface area contributed by atoms with Crippen LogP contribution in [0.4, 0.5) is 0 Å². The number of aryl methyl sites for hydroxylation is 3. The third kappa shape index (κ3) is 3.50. The van der Waals surface area contributed by atoms with Crippen LogP contribution in [0.1, 0.15) is 33.5 Å². The van der Waals surface area contributed by atoms with E-state index in [-0.39, 0.29) is 6.79 Å². The Morgan fingerprint density at radius 2 is 1.81 bits per heavy atom. The minimum absolute atomic E-state index is 0.273. The Morgan fingerprint density at radius 1 is 0.968 bits per heavy atom. The maximum absolute atomic E-state index is 6.31. The van der Waals surface area contributed by atoms with Crippen LogP contribution in [0.5, 0.6) is 17.2 Å². The fraction of sp³-hybridized carbons (Fsp3) is 0.269. The van der Waals surface area contributed by atoms with Crippen molar-refractivity contribution in [2.75, 3.05) is 6.79 Å². The molecule has 5 rings (SSSR count). The number of hydrogen-bond acceptors (Lipinski definition) is 4. The van der Waals surface area contributed by atoms with E-state index in [1.54, 1.807) is 0 Å². The standard InChI is InChI=1S/C26H26N2O3/c1-16-5-6-17(2)21(11-16)13-28-19(4)18(3)25-26(28)23(9-10-27-25)29-14-20-7-8-22-24(12-20)31-15-30-22/h5-12H,13-15H2,1-4H3. The van der Waals surface area contributed by atoms with E-state index in [0.29, 0.717) is 6.61 Å². The molecule has 0 N–H and O–H groups in total. The molecule has 2 aromatic carbocycles. The van der Waals surface area contributed by atoms with Crippen LogP contribution < -0.4 is 14.2 Å². The molecule has 5 heteroatoms. The summed E-state index contributed by atoms with van der Waals surface area (Å²) in [5.41, 5.74) is 9.34. The summed E-state index contributed by atoms with van der Waals surface area (Å²) in [5.74, 6) is 2.39. The van der Waals surface area contributed by atoms with Gasteiger partial charge in [-0.05, 0) is 62.1 Å². The maximum atomic E-state index is 6.31. The number of benzene rings is 2. The number of nitrogens with zero attached hydrogens (tertiary/aromatic N) is 2. The highest BCUT2D eigenvalue weighted by atomic mass is 16.7. The van der Waals surface area contributed by atoms with Gasteiger partial charge in [0, 0.05) is 24.5 Å². The fourth-order valence-electron chi connectivity index (χ4n) is 4.16. The van der Waals surface area contributed by atoms with Crippen molar-refractivity contribution in [2.24, 2.45) is 0 Å². The molecule has 158 valence electrons.